The first-order valence-corrected chi connectivity index (χ1v) is 4.02. The van der Waals surface area contributed by atoms with Crippen molar-refractivity contribution in [2.45, 2.75) is 20.0 Å². The molecule has 0 fully saturated rings. The van der Waals surface area contributed by atoms with Crippen molar-refractivity contribution in [2.24, 2.45) is 10.8 Å². The summed E-state index contributed by atoms with van der Waals surface area (Å²) >= 11 is 0. The van der Waals surface area contributed by atoms with Gasteiger partial charge in [-0.3, -0.25) is 5.43 Å². The molecule has 12 heavy (non-hydrogen) atoms. The van der Waals surface area contributed by atoms with Crippen molar-refractivity contribution in [1.29, 1.82) is 0 Å². The van der Waals surface area contributed by atoms with Crippen LogP contribution in [-0.2, 0) is 4.74 Å². The van der Waals surface area contributed by atoms with Gasteiger partial charge in [-0.25, -0.2) is 10.8 Å². The molecule has 0 heterocycles. The highest BCUT2D eigenvalue weighted by atomic mass is 16.5. The molecular formula is C7H18N4O. The number of hydrogen-bond acceptors (Lipinski definition) is 3. The van der Waals surface area contributed by atoms with Crippen molar-refractivity contribution < 1.29 is 4.74 Å². The molecule has 0 aliphatic rings. The van der Waals surface area contributed by atoms with Crippen molar-refractivity contribution in [3.63, 3.8) is 0 Å². The Morgan fingerprint density at radius 1 is 1.67 bits per heavy atom. The van der Waals surface area contributed by atoms with E-state index >= 15 is 0 Å². The second-order valence-corrected chi connectivity index (χ2v) is 2.41. The van der Waals surface area contributed by atoms with Gasteiger partial charge in [-0.1, -0.05) is 0 Å². The molecule has 0 aliphatic carbocycles. The van der Waals surface area contributed by atoms with E-state index in [1.807, 2.05) is 13.8 Å². The van der Waals surface area contributed by atoms with Gasteiger partial charge in [0.15, 0.2) is 0 Å². The number of aliphatic imine (C=N–C) groups is 1. The van der Waals surface area contributed by atoms with E-state index in [9.17, 15) is 0 Å². The van der Waals surface area contributed by atoms with Crippen LogP contribution in [0.4, 0.5) is 0 Å². The summed E-state index contributed by atoms with van der Waals surface area (Å²) in [7, 11) is 1.66. The van der Waals surface area contributed by atoms with Crippen LogP contribution in [-0.4, -0.2) is 32.3 Å². The van der Waals surface area contributed by atoms with E-state index in [1.165, 1.54) is 0 Å². The molecule has 0 saturated carbocycles. The lowest BCUT2D eigenvalue weighted by Gasteiger charge is -2.09. The number of ether oxygens (including phenoxy) is 1. The smallest absolute Gasteiger partial charge is 0.205 e. The summed E-state index contributed by atoms with van der Waals surface area (Å²) in [5.74, 6) is 5.80. The lowest BCUT2D eigenvalue weighted by molar-refractivity contribution is 0.125. The molecule has 5 nitrogen and oxygen atoms in total. The Kier molecular flexibility index (Phi) is 6.41. The second kappa shape index (κ2) is 6.87. The predicted octanol–water partition coefficient (Wildman–Crippen LogP) is -0.550. The van der Waals surface area contributed by atoms with Gasteiger partial charge in [-0.2, -0.15) is 0 Å². The third-order valence-corrected chi connectivity index (χ3v) is 1.39. The maximum Gasteiger partial charge on any atom is 0.205 e. The molecule has 0 amide bonds. The van der Waals surface area contributed by atoms with Crippen LogP contribution in [0.25, 0.3) is 0 Å². The van der Waals surface area contributed by atoms with Crippen LogP contribution in [0.5, 0.6) is 0 Å². The summed E-state index contributed by atoms with van der Waals surface area (Å²) < 4.78 is 5.02. The Labute approximate surface area is 73.3 Å². The first-order valence-electron chi connectivity index (χ1n) is 4.02. The summed E-state index contributed by atoms with van der Waals surface area (Å²) in [6, 6.07) is 0. The third-order valence-electron chi connectivity index (χ3n) is 1.39. The van der Waals surface area contributed by atoms with E-state index in [0.29, 0.717) is 12.5 Å². The lowest BCUT2D eigenvalue weighted by Crippen LogP contribution is -2.41. The Hall–Kier alpha value is -0.810. The molecule has 0 aromatic rings. The van der Waals surface area contributed by atoms with E-state index in [0.717, 1.165) is 6.54 Å². The first-order chi connectivity index (χ1) is 5.74. The quantitative estimate of drug-likeness (QED) is 0.231. The van der Waals surface area contributed by atoms with E-state index in [-0.39, 0.29) is 6.10 Å². The third kappa shape index (κ3) is 4.92. The normalized spacial score (nSPS) is 14.2. The van der Waals surface area contributed by atoms with Gasteiger partial charge in [0.25, 0.3) is 0 Å². The van der Waals surface area contributed by atoms with Crippen LogP contribution in [0, 0.1) is 0 Å². The molecule has 72 valence electrons. The zero-order valence-electron chi connectivity index (χ0n) is 7.92. The summed E-state index contributed by atoms with van der Waals surface area (Å²) in [6.45, 7) is 5.32. The topological polar surface area (TPSA) is 71.7 Å². The van der Waals surface area contributed by atoms with Gasteiger partial charge in [0.05, 0.1) is 12.6 Å². The molecule has 0 radical (unpaired) electrons. The minimum atomic E-state index is 0.118. The summed E-state index contributed by atoms with van der Waals surface area (Å²) in [5.41, 5.74) is 2.47. The van der Waals surface area contributed by atoms with Gasteiger partial charge in [-0.15, -0.1) is 0 Å². The van der Waals surface area contributed by atoms with Gasteiger partial charge in [0.1, 0.15) is 0 Å². The van der Waals surface area contributed by atoms with Gasteiger partial charge in [-0.05, 0) is 13.8 Å². The Morgan fingerprint density at radius 2 is 2.33 bits per heavy atom. The summed E-state index contributed by atoms with van der Waals surface area (Å²) in [5, 5.41) is 2.97. The van der Waals surface area contributed by atoms with Crippen LogP contribution in [0.3, 0.4) is 0 Å². The van der Waals surface area contributed by atoms with Crippen LogP contribution in [0.15, 0.2) is 4.99 Å². The molecule has 0 bridgehead atoms. The molecule has 4 N–H and O–H groups in total. The maximum absolute atomic E-state index is 5.20. The van der Waals surface area contributed by atoms with Crippen molar-refractivity contribution in [3.8, 4) is 0 Å². The summed E-state index contributed by atoms with van der Waals surface area (Å²) in [6.07, 6.45) is 0.118. The largest absolute Gasteiger partial charge is 0.380 e. The van der Waals surface area contributed by atoms with E-state index < -0.39 is 0 Å². The van der Waals surface area contributed by atoms with E-state index in [2.05, 4.69) is 15.7 Å². The minimum absolute atomic E-state index is 0.118. The fraction of sp³-hybridized carbons (Fsp3) is 0.857. The molecule has 1 atom stereocenters. The van der Waals surface area contributed by atoms with Crippen LogP contribution >= 0.6 is 0 Å². The molecule has 0 aliphatic heterocycles. The number of hydrogen-bond donors (Lipinski definition) is 3. The van der Waals surface area contributed by atoms with E-state index in [4.69, 9.17) is 10.6 Å². The molecular weight excluding hydrogens is 156 g/mol. The Morgan fingerprint density at radius 3 is 2.75 bits per heavy atom. The number of nitrogens with one attached hydrogen (secondary N) is 2. The van der Waals surface area contributed by atoms with Gasteiger partial charge >= 0.3 is 0 Å². The SMILES string of the molecule is CCNC(=NCC(C)OC)NN. The fourth-order valence-electron chi connectivity index (χ4n) is 0.614. The molecule has 0 aromatic heterocycles. The number of guanidine groups is 1. The van der Waals surface area contributed by atoms with Crippen LogP contribution in [0.1, 0.15) is 13.8 Å². The van der Waals surface area contributed by atoms with Crippen molar-refractivity contribution in [3.05, 3.63) is 0 Å². The van der Waals surface area contributed by atoms with Crippen molar-refractivity contribution in [2.75, 3.05) is 20.2 Å². The molecule has 0 spiro atoms. The molecule has 5 heteroatoms. The number of nitrogens with two attached hydrogens (primary N) is 1. The average molecular weight is 174 g/mol. The summed E-state index contributed by atoms with van der Waals surface area (Å²) in [4.78, 5) is 4.15. The Bertz CT molecular complexity index is 137. The lowest BCUT2D eigenvalue weighted by atomic mass is 10.4. The highest BCUT2D eigenvalue weighted by Crippen LogP contribution is 1.87. The van der Waals surface area contributed by atoms with Gasteiger partial charge in [0, 0.05) is 13.7 Å². The fourth-order valence-corrected chi connectivity index (χ4v) is 0.614. The van der Waals surface area contributed by atoms with Crippen molar-refractivity contribution >= 4 is 5.96 Å². The monoisotopic (exact) mass is 174 g/mol. The standard InChI is InChI=1S/C7H18N4O/c1-4-9-7(11-8)10-5-6(2)12-3/h6H,4-5,8H2,1-3H3,(H2,9,10,11). The maximum atomic E-state index is 5.20. The van der Waals surface area contributed by atoms with Gasteiger partial charge in [0.2, 0.25) is 5.96 Å². The Balaban J connectivity index is 3.76. The zero-order valence-corrected chi connectivity index (χ0v) is 7.92. The molecule has 1 unspecified atom stereocenters. The number of nitrogens with zero attached hydrogens (tertiary/aromatic N) is 1. The molecule has 0 aromatic carbocycles. The number of methoxy groups -OCH3 is 1. The number of rotatable bonds is 4. The van der Waals surface area contributed by atoms with Gasteiger partial charge < -0.3 is 10.1 Å². The number of hydrazine groups is 1. The van der Waals surface area contributed by atoms with Crippen LogP contribution in [0.2, 0.25) is 0 Å². The highest BCUT2D eigenvalue weighted by molar-refractivity contribution is 5.79. The van der Waals surface area contributed by atoms with Crippen molar-refractivity contribution in [1.82, 2.24) is 10.7 Å². The second-order valence-electron chi connectivity index (χ2n) is 2.41. The first kappa shape index (κ1) is 11.2. The minimum Gasteiger partial charge on any atom is -0.380 e. The molecule has 0 saturated heterocycles. The van der Waals surface area contributed by atoms with E-state index in [1.54, 1.807) is 7.11 Å². The zero-order chi connectivity index (χ0) is 9.40. The predicted molar refractivity (Wildman–Crippen MR) is 49.8 cm³/mol. The van der Waals surface area contributed by atoms with Crippen LogP contribution < -0.4 is 16.6 Å². The molecule has 0 rings (SSSR count). The highest BCUT2D eigenvalue weighted by Gasteiger charge is 1.97. The average Bonchev–Trinajstić information content (AvgIpc) is 2.11.